The fourth-order valence-electron chi connectivity index (χ4n) is 2.24. The van der Waals surface area contributed by atoms with Crippen molar-refractivity contribution >= 4 is 5.91 Å². The van der Waals surface area contributed by atoms with Crippen LogP contribution < -0.4 is 10.1 Å². The summed E-state index contributed by atoms with van der Waals surface area (Å²) >= 11 is 0. The molecule has 24 heavy (non-hydrogen) atoms. The molecule has 0 saturated heterocycles. The van der Waals surface area contributed by atoms with Crippen molar-refractivity contribution in [1.29, 1.82) is 0 Å². The van der Waals surface area contributed by atoms with Gasteiger partial charge in [-0.05, 0) is 24.3 Å². The molecule has 0 saturated carbocycles. The van der Waals surface area contributed by atoms with Crippen molar-refractivity contribution < 1.29 is 18.4 Å². The Morgan fingerprint density at radius 2 is 2.21 bits per heavy atom. The predicted octanol–water partition coefficient (Wildman–Crippen LogP) is 3.19. The van der Waals surface area contributed by atoms with E-state index >= 15 is 0 Å². The molecule has 6 heteroatoms. The number of amides is 1. The summed E-state index contributed by atoms with van der Waals surface area (Å²) < 4.78 is 16.1. The Balaban J connectivity index is 1.53. The summed E-state index contributed by atoms with van der Waals surface area (Å²) in [5.74, 6) is 2.58. The minimum atomic E-state index is -0.0764. The van der Waals surface area contributed by atoms with Gasteiger partial charge in [-0.3, -0.25) is 4.79 Å². The molecule has 0 radical (unpaired) electrons. The van der Waals surface area contributed by atoms with Crippen LogP contribution in [0.4, 0.5) is 0 Å². The second-order valence-electron chi connectivity index (χ2n) is 5.21. The number of hydrogen-bond acceptors (Lipinski definition) is 5. The SMILES string of the molecule is COc1cccc(-c2cnc(CCC(=O)NCc3ccco3)o2)c1. The van der Waals surface area contributed by atoms with E-state index in [-0.39, 0.29) is 5.91 Å². The zero-order valence-corrected chi connectivity index (χ0v) is 13.3. The van der Waals surface area contributed by atoms with Crippen LogP contribution in [-0.2, 0) is 17.8 Å². The number of nitrogens with one attached hydrogen (secondary N) is 1. The molecular formula is C18H18N2O4. The minimum Gasteiger partial charge on any atom is -0.497 e. The van der Waals surface area contributed by atoms with E-state index in [1.165, 1.54) is 0 Å². The number of furan rings is 1. The van der Waals surface area contributed by atoms with Crippen molar-refractivity contribution in [2.75, 3.05) is 7.11 Å². The van der Waals surface area contributed by atoms with Crippen LogP contribution in [0.5, 0.6) is 5.75 Å². The second-order valence-corrected chi connectivity index (χ2v) is 5.21. The molecule has 0 unspecified atom stereocenters. The van der Waals surface area contributed by atoms with E-state index in [0.29, 0.717) is 31.0 Å². The van der Waals surface area contributed by atoms with Gasteiger partial charge in [0, 0.05) is 18.4 Å². The molecule has 0 spiro atoms. The fourth-order valence-corrected chi connectivity index (χ4v) is 2.24. The molecule has 0 fully saturated rings. The summed E-state index contributed by atoms with van der Waals surface area (Å²) in [4.78, 5) is 16.1. The van der Waals surface area contributed by atoms with E-state index in [9.17, 15) is 4.79 Å². The number of carbonyl (C=O) groups excluding carboxylic acids is 1. The molecule has 3 aromatic rings. The van der Waals surface area contributed by atoms with Crippen LogP contribution in [0.3, 0.4) is 0 Å². The average molecular weight is 326 g/mol. The number of rotatable bonds is 7. The van der Waals surface area contributed by atoms with E-state index in [1.54, 1.807) is 25.6 Å². The van der Waals surface area contributed by atoms with E-state index in [0.717, 1.165) is 17.1 Å². The molecule has 0 aliphatic carbocycles. The van der Waals surface area contributed by atoms with Crippen LogP contribution in [0.1, 0.15) is 18.1 Å². The summed E-state index contributed by atoms with van der Waals surface area (Å²) in [6, 6.07) is 11.1. The topological polar surface area (TPSA) is 77.5 Å². The first-order chi connectivity index (χ1) is 11.7. The van der Waals surface area contributed by atoms with Gasteiger partial charge < -0.3 is 18.9 Å². The summed E-state index contributed by atoms with van der Waals surface area (Å²) in [6.07, 6.45) is 3.98. The highest BCUT2D eigenvalue weighted by atomic mass is 16.5. The van der Waals surface area contributed by atoms with Crippen molar-refractivity contribution in [3.8, 4) is 17.1 Å². The Hall–Kier alpha value is -3.02. The van der Waals surface area contributed by atoms with Crippen molar-refractivity contribution in [1.82, 2.24) is 10.3 Å². The quantitative estimate of drug-likeness (QED) is 0.721. The standard InChI is InChI=1S/C18H18N2O4/c1-22-14-5-2-4-13(10-14)16-12-20-18(24-16)8-7-17(21)19-11-15-6-3-9-23-15/h2-6,9-10,12H,7-8,11H2,1H3,(H,19,21). The summed E-state index contributed by atoms with van der Waals surface area (Å²) in [5.41, 5.74) is 0.885. The van der Waals surface area contributed by atoms with Crippen LogP contribution in [0.25, 0.3) is 11.3 Å². The van der Waals surface area contributed by atoms with Gasteiger partial charge in [0.1, 0.15) is 11.5 Å². The highest BCUT2D eigenvalue weighted by Crippen LogP contribution is 2.24. The number of aryl methyl sites for hydroxylation is 1. The highest BCUT2D eigenvalue weighted by Gasteiger charge is 2.10. The molecule has 6 nitrogen and oxygen atoms in total. The first-order valence-electron chi connectivity index (χ1n) is 7.63. The molecule has 0 atom stereocenters. The highest BCUT2D eigenvalue weighted by molar-refractivity contribution is 5.75. The first-order valence-corrected chi connectivity index (χ1v) is 7.63. The van der Waals surface area contributed by atoms with Gasteiger partial charge in [0.05, 0.1) is 26.1 Å². The van der Waals surface area contributed by atoms with Crippen LogP contribution in [-0.4, -0.2) is 18.0 Å². The number of oxazole rings is 1. The zero-order chi connectivity index (χ0) is 16.8. The van der Waals surface area contributed by atoms with Gasteiger partial charge in [-0.2, -0.15) is 0 Å². The third-order valence-corrected chi connectivity index (χ3v) is 3.51. The number of nitrogens with zero attached hydrogens (tertiary/aromatic N) is 1. The van der Waals surface area contributed by atoms with Crippen LogP contribution in [0.15, 0.2) is 57.7 Å². The van der Waals surface area contributed by atoms with E-state index in [4.69, 9.17) is 13.6 Å². The van der Waals surface area contributed by atoms with Gasteiger partial charge in [-0.25, -0.2) is 4.98 Å². The molecule has 0 aliphatic rings. The normalized spacial score (nSPS) is 10.5. The maximum absolute atomic E-state index is 11.8. The van der Waals surface area contributed by atoms with E-state index < -0.39 is 0 Å². The lowest BCUT2D eigenvalue weighted by Crippen LogP contribution is -2.22. The van der Waals surface area contributed by atoms with Crippen molar-refractivity contribution in [2.24, 2.45) is 0 Å². The van der Waals surface area contributed by atoms with E-state index in [1.807, 2.05) is 30.3 Å². The third kappa shape index (κ3) is 4.04. The molecule has 1 amide bonds. The molecule has 3 rings (SSSR count). The molecule has 2 aromatic heterocycles. The lowest BCUT2D eigenvalue weighted by molar-refractivity contribution is -0.121. The smallest absolute Gasteiger partial charge is 0.220 e. The number of carbonyl (C=O) groups is 1. The monoisotopic (exact) mass is 326 g/mol. The van der Waals surface area contributed by atoms with Gasteiger partial charge in [-0.1, -0.05) is 12.1 Å². The average Bonchev–Trinajstić information content (AvgIpc) is 3.30. The van der Waals surface area contributed by atoms with Gasteiger partial charge >= 0.3 is 0 Å². The fraction of sp³-hybridized carbons (Fsp3) is 0.222. The zero-order valence-electron chi connectivity index (χ0n) is 13.3. The predicted molar refractivity (Wildman–Crippen MR) is 87.4 cm³/mol. The number of ether oxygens (including phenoxy) is 1. The Bertz CT molecular complexity index is 793. The lowest BCUT2D eigenvalue weighted by Gasteiger charge is -2.02. The first kappa shape index (κ1) is 15.9. The third-order valence-electron chi connectivity index (χ3n) is 3.51. The second kappa shape index (κ2) is 7.50. The van der Waals surface area contributed by atoms with Gasteiger partial charge in [0.2, 0.25) is 5.91 Å². The Kier molecular flexibility index (Phi) is 4.96. The number of methoxy groups -OCH3 is 1. The molecule has 2 heterocycles. The Morgan fingerprint density at radius 3 is 3.00 bits per heavy atom. The number of hydrogen-bond donors (Lipinski definition) is 1. The molecule has 124 valence electrons. The molecule has 1 aromatic carbocycles. The maximum Gasteiger partial charge on any atom is 0.220 e. The molecule has 0 aliphatic heterocycles. The van der Waals surface area contributed by atoms with Crippen LogP contribution in [0.2, 0.25) is 0 Å². The number of aromatic nitrogens is 1. The van der Waals surface area contributed by atoms with Crippen molar-refractivity contribution in [3.05, 3.63) is 60.5 Å². The molecular weight excluding hydrogens is 308 g/mol. The largest absolute Gasteiger partial charge is 0.497 e. The number of benzene rings is 1. The molecule has 0 bridgehead atoms. The van der Waals surface area contributed by atoms with Gasteiger partial charge in [0.15, 0.2) is 11.7 Å². The van der Waals surface area contributed by atoms with Gasteiger partial charge in [-0.15, -0.1) is 0 Å². The Labute approximate surface area is 139 Å². The summed E-state index contributed by atoms with van der Waals surface area (Å²) in [7, 11) is 1.62. The van der Waals surface area contributed by atoms with Crippen molar-refractivity contribution in [3.63, 3.8) is 0 Å². The lowest BCUT2D eigenvalue weighted by atomic mass is 10.2. The Morgan fingerprint density at radius 1 is 1.29 bits per heavy atom. The minimum absolute atomic E-state index is 0.0764. The van der Waals surface area contributed by atoms with Crippen LogP contribution >= 0.6 is 0 Å². The summed E-state index contributed by atoms with van der Waals surface area (Å²) in [6.45, 7) is 0.381. The maximum atomic E-state index is 11.8. The summed E-state index contributed by atoms with van der Waals surface area (Å²) in [5, 5.41) is 2.79. The van der Waals surface area contributed by atoms with Crippen molar-refractivity contribution in [2.45, 2.75) is 19.4 Å². The van der Waals surface area contributed by atoms with Crippen LogP contribution in [0, 0.1) is 0 Å². The van der Waals surface area contributed by atoms with Gasteiger partial charge in [0.25, 0.3) is 0 Å². The van der Waals surface area contributed by atoms with E-state index in [2.05, 4.69) is 10.3 Å². The molecule has 1 N–H and O–H groups in total.